The summed E-state index contributed by atoms with van der Waals surface area (Å²) in [7, 11) is 1.60. The fourth-order valence-corrected chi connectivity index (χ4v) is 3.01. The predicted octanol–water partition coefficient (Wildman–Crippen LogP) is 2.42. The molecule has 1 aliphatic heterocycles. The van der Waals surface area contributed by atoms with E-state index >= 15 is 0 Å². The molecule has 6 heteroatoms. The lowest BCUT2D eigenvalue weighted by Gasteiger charge is -2.25. The number of nitrogens with one attached hydrogen (secondary N) is 2. The second-order valence-corrected chi connectivity index (χ2v) is 6.26. The zero-order valence-electron chi connectivity index (χ0n) is 14.7. The molecule has 2 N–H and O–H groups in total. The van der Waals surface area contributed by atoms with Crippen LogP contribution in [-0.4, -0.2) is 38.8 Å². The fourth-order valence-electron chi connectivity index (χ4n) is 3.01. The molecule has 1 heterocycles. The number of carbonyl (C=O) groups is 1. The van der Waals surface area contributed by atoms with Gasteiger partial charge in [0.15, 0.2) is 0 Å². The lowest BCUT2D eigenvalue weighted by molar-refractivity contribution is -0.122. The van der Waals surface area contributed by atoms with Crippen LogP contribution in [-0.2, 0) is 9.53 Å². The Morgan fingerprint density at radius 1 is 1.23 bits per heavy atom. The summed E-state index contributed by atoms with van der Waals surface area (Å²) in [5.74, 6) is 0.344. The second-order valence-electron chi connectivity index (χ2n) is 6.26. The number of methoxy groups -OCH3 is 1. The van der Waals surface area contributed by atoms with Gasteiger partial charge in [0.2, 0.25) is 5.91 Å². The molecule has 3 rings (SSSR count). The molecule has 1 fully saturated rings. The smallest absolute Gasteiger partial charge is 0.222 e. The Morgan fingerprint density at radius 3 is 2.46 bits per heavy atom. The summed E-state index contributed by atoms with van der Waals surface area (Å²) < 4.78 is 23.9. The first-order chi connectivity index (χ1) is 12.7. The summed E-state index contributed by atoms with van der Waals surface area (Å²) >= 11 is 0. The molecule has 0 saturated carbocycles. The van der Waals surface area contributed by atoms with Crippen LogP contribution in [0.2, 0.25) is 0 Å². The van der Waals surface area contributed by atoms with Crippen LogP contribution in [0, 0.1) is 5.82 Å². The average Bonchev–Trinajstić information content (AvgIpc) is 2.68. The Labute approximate surface area is 152 Å². The first kappa shape index (κ1) is 18.4. The van der Waals surface area contributed by atoms with Crippen molar-refractivity contribution in [1.82, 2.24) is 10.6 Å². The molecule has 1 saturated heterocycles. The molecule has 138 valence electrons. The van der Waals surface area contributed by atoms with Gasteiger partial charge in [0.05, 0.1) is 26.4 Å². The Kier molecular flexibility index (Phi) is 6.20. The van der Waals surface area contributed by atoms with E-state index in [9.17, 15) is 9.18 Å². The van der Waals surface area contributed by atoms with Gasteiger partial charge in [-0.25, -0.2) is 4.39 Å². The zero-order chi connectivity index (χ0) is 18.4. The summed E-state index contributed by atoms with van der Waals surface area (Å²) in [5, 5.41) is 6.33. The maximum absolute atomic E-state index is 13.3. The lowest BCUT2D eigenvalue weighted by Crippen LogP contribution is -2.44. The quantitative estimate of drug-likeness (QED) is 0.833. The van der Waals surface area contributed by atoms with Crippen LogP contribution in [0.5, 0.6) is 5.75 Å². The van der Waals surface area contributed by atoms with Crippen molar-refractivity contribution in [3.63, 3.8) is 0 Å². The van der Waals surface area contributed by atoms with Gasteiger partial charge in [0.25, 0.3) is 0 Å². The molecule has 5 nitrogen and oxygen atoms in total. The third kappa shape index (κ3) is 4.80. The Bertz CT molecular complexity index is 713. The van der Waals surface area contributed by atoms with E-state index in [1.165, 1.54) is 12.1 Å². The second kappa shape index (κ2) is 8.78. The number of rotatable bonds is 6. The summed E-state index contributed by atoms with van der Waals surface area (Å²) in [6, 6.07) is 13.3. The maximum Gasteiger partial charge on any atom is 0.222 e. The predicted molar refractivity (Wildman–Crippen MR) is 96.6 cm³/mol. The van der Waals surface area contributed by atoms with Gasteiger partial charge in [0, 0.05) is 19.0 Å². The summed E-state index contributed by atoms with van der Waals surface area (Å²) in [4.78, 5) is 12.6. The number of halogens is 1. The number of hydrogen-bond donors (Lipinski definition) is 2. The molecule has 1 aliphatic rings. The molecule has 2 aromatic carbocycles. The van der Waals surface area contributed by atoms with Crippen LogP contribution in [0.15, 0.2) is 48.5 Å². The molecule has 2 unspecified atom stereocenters. The van der Waals surface area contributed by atoms with Crippen molar-refractivity contribution in [3.8, 4) is 5.75 Å². The van der Waals surface area contributed by atoms with Crippen molar-refractivity contribution in [2.24, 2.45) is 0 Å². The van der Waals surface area contributed by atoms with Crippen LogP contribution in [0.25, 0.3) is 0 Å². The van der Waals surface area contributed by atoms with Gasteiger partial charge in [-0.2, -0.15) is 0 Å². The van der Waals surface area contributed by atoms with Crippen LogP contribution in [0.3, 0.4) is 0 Å². The minimum Gasteiger partial charge on any atom is -0.497 e. The molecule has 2 atom stereocenters. The lowest BCUT2D eigenvalue weighted by atomic mass is 9.98. The highest BCUT2D eigenvalue weighted by Crippen LogP contribution is 2.24. The standard InChI is InChI=1S/C20H23FN2O3/c1-25-18-8-4-15(5-9-18)20(14-2-6-16(21)7-3-14)23-19(24)12-17-13-26-11-10-22-17/h2-9,17,20,22H,10-13H2,1H3,(H,23,24). The molecular formula is C20H23FN2O3. The van der Waals surface area contributed by atoms with Gasteiger partial charge in [-0.15, -0.1) is 0 Å². The van der Waals surface area contributed by atoms with E-state index in [-0.39, 0.29) is 23.8 Å². The molecule has 2 aromatic rings. The van der Waals surface area contributed by atoms with Gasteiger partial charge >= 0.3 is 0 Å². The summed E-state index contributed by atoms with van der Waals surface area (Å²) in [6.45, 7) is 1.94. The highest BCUT2D eigenvalue weighted by atomic mass is 19.1. The van der Waals surface area contributed by atoms with Crippen LogP contribution in [0.4, 0.5) is 4.39 Å². The van der Waals surface area contributed by atoms with Crippen molar-refractivity contribution in [1.29, 1.82) is 0 Å². The van der Waals surface area contributed by atoms with Gasteiger partial charge in [-0.3, -0.25) is 4.79 Å². The molecule has 0 aliphatic carbocycles. The van der Waals surface area contributed by atoms with E-state index in [1.54, 1.807) is 19.2 Å². The van der Waals surface area contributed by atoms with Gasteiger partial charge in [0.1, 0.15) is 11.6 Å². The highest BCUT2D eigenvalue weighted by molar-refractivity contribution is 5.77. The number of ether oxygens (including phenoxy) is 2. The van der Waals surface area contributed by atoms with Crippen LogP contribution < -0.4 is 15.4 Å². The van der Waals surface area contributed by atoms with Crippen LogP contribution >= 0.6 is 0 Å². The number of hydrogen-bond acceptors (Lipinski definition) is 4. The van der Waals surface area contributed by atoms with Gasteiger partial charge in [-0.1, -0.05) is 24.3 Å². The normalized spacial score (nSPS) is 18.2. The minimum absolute atomic E-state index is 0.00786. The zero-order valence-corrected chi connectivity index (χ0v) is 14.7. The van der Waals surface area contributed by atoms with Crippen molar-refractivity contribution in [3.05, 3.63) is 65.5 Å². The largest absolute Gasteiger partial charge is 0.497 e. The molecule has 0 bridgehead atoms. The molecule has 0 spiro atoms. The number of morpholine rings is 1. The number of amides is 1. The fraction of sp³-hybridized carbons (Fsp3) is 0.350. The Balaban J connectivity index is 1.77. The van der Waals surface area contributed by atoms with E-state index in [0.29, 0.717) is 19.6 Å². The van der Waals surface area contributed by atoms with E-state index in [4.69, 9.17) is 9.47 Å². The van der Waals surface area contributed by atoms with Crippen molar-refractivity contribution in [2.45, 2.75) is 18.5 Å². The maximum atomic E-state index is 13.3. The molecule has 1 amide bonds. The molecular weight excluding hydrogens is 335 g/mol. The molecule has 0 aromatic heterocycles. The van der Waals surface area contributed by atoms with Gasteiger partial charge < -0.3 is 20.1 Å². The Morgan fingerprint density at radius 2 is 1.88 bits per heavy atom. The topological polar surface area (TPSA) is 59.6 Å². The van der Waals surface area contributed by atoms with Crippen molar-refractivity contribution in [2.75, 3.05) is 26.9 Å². The molecule has 26 heavy (non-hydrogen) atoms. The van der Waals surface area contributed by atoms with Crippen molar-refractivity contribution < 1.29 is 18.7 Å². The first-order valence-corrected chi connectivity index (χ1v) is 8.65. The summed E-state index contributed by atoms with van der Waals surface area (Å²) in [6.07, 6.45) is 0.327. The summed E-state index contributed by atoms with van der Waals surface area (Å²) in [5.41, 5.74) is 1.72. The minimum atomic E-state index is -0.362. The first-order valence-electron chi connectivity index (χ1n) is 8.65. The highest BCUT2D eigenvalue weighted by Gasteiger charge is 2.21. The van der Waals surface area contributed by atoms with Gasteiger partial charge in [-0.05, 0) is 35.4 Å². The van der Waals surface area contributed by atoms with E-state index in [2.05, 4.69) is 10.6 Å². The third-order valence-corrected chi connectivity index (χ3v) is 4.39. The SMILES string of the molecule is COc1ccc(C(NC(=O)CC2COCCN2)c2ccc(F)cc2)cc1. The van der Waals surface area contributed by atoms with E-state index in [1.807, 2.05) is 24.3 Å². The van der Waals surface area contributed by atoms with E-state index in [0.717, 1.165) is 23.4 Å². The van der Waals surface area contributed by atoms with E-state index < -0.39 is 0 Å². The van der Waals surface area contributed by atoms with Crippen molar-refractivity contribution >= 4 is 5.91 Å². The Hall–Kier alpha value is -2.44. The third-order valence-electron chi connectivity index (χ3n) is 4.39. The monoisotopic (exact) mass is 358 g/mol. The molecule has 0 radical (unpaired) electrons. The average molecular weight is 358 g/mol. The van der Waals surface area contributed by atoms with Crippen LogP contribution in [0.1, 0.15) is 23.6 Å². The number of benzene rings is 2. The number of carbonyl (C=O) groups excluding carboxylic acids is 1.